The van der Waals surface area contributed by atoms with Gasteiger partial charge in [0.2, 0.25) is 0 Å². The number of carbonyl (C=O) groups excluding carboxylic acids is 1. The first-order valence-electron chi connectivity index (χ1n) is 8.37. The van der Waals surface area contributed by atoms with Crippen LogP contribution in [0.15, 0.2) is 82.0 Å². The van der Waals surface area contributed by atoms with Gasteiger partial charge < -0.3 is 14.7 Å². The van der Waals surface area contributed by atoms with Gasteiger partial charge in [-0.3, -0.25) is 4.79 Å². The molecule has 4 nitrogen and oxygen atoms in total. The van der Waals surface area contributed by atoms with Crippen LogP contribution in [0.5, 0.6) is 0 Å². The van der Waals surface area contributed by atoms with Gasteiger partial charge >= 0.3 is 0 Å². The van der Waals surface area contributed by atoms with Gasteiger partial charge in [0.15, 0.2) is 10.4 Å². The van der Waals surface area contributed by atoms with Crippen molar-refractivity contribution in [2.24, 2.45) is 0 Å². The molecule has 0 spiro atoms. The van der Waals surface area contributed by atoms with E-state index in [1.54, 1.807) is 12.1 Å². The molecular formula is C21H17BrN2O2. The molecule has 2 heterocycles. The molecule has 0 radical (unpaired) electrons. The van der Waals surface area contributed by atoms with Crippen LogP contribution in [0.2, 0.25) is 0 Å². The van der Waals surface area contributed by atoms with Crippen molar-refractivity contribution in [3.05, 3.63) is 94.5 Å². The van der Waals surface area contributed by atoms with Crippen molar-refractivity contribution in [1.82, 2.24) is 10.3 Å². The fourth-order valence-corrected chi connectivity index (χ4v) is 3.50. The van der Waals surface area contributed by atoms with E-state index in [1.165, 1.54) is 0 Å². The molecule has 0 aliphatic carbocycles. The quantitative estimate of drug-likeness (QED) is 0.483. The molecule has 2 aromatic heterocycles. The first kappa shape index (κ1) is 16.7. The Morgan fingerprint density at radius 1 is 1.04 bits per heavy atom. The molecule has 4 rings (SSSR count). The van der Waals surface area contributed by atoms with Crippen molar-refractivity contribution in [3.63, 3.8) is 0 Å². The van der Waals surface area contributed by atoms with Gasteiger partial charge in [0, 0.05) is 29.6 Å². The predicted octanol–water partition coefficient (Wildman–Crippen LogP) is 5.09. The fourth-order valence-electron chi connectivity index (χ4n) is 3.19. The lowest BCUT2D eigenvalue weighted by Crippen LogP contribution is -2.28. The van der Waals surface area contributed by atoms with Gasteiger partial charge in [-0.05, 0) is 45.3 Å². The Labute approximate surface area is 159 Å². The third-order valence-corrected chi connectivity index (χ3v) is 4.89. The van der Waals surface area contributed by atoms with E-state index in [9.17, 15) is 4.79 Å². The largest absolute Gasteiger partial charge is 0.444 e. The highest BCUT2D eigenvalue weighted by atomic mass is 79.9. The van der Waals surface area contributed by atoms with E-state index < -0.39 is 0 Å². The third kappa shape index (κ3) is 3.30. The number of hydrogen-bond donors (Lipinski definition) is 2. The molecule has 1 atom stereocenters. The number of aromatic amines is 1. The van der Waals surface area contributed by atoms with E-state index in [1.807, 2.05) is 36.5 Å². The number of amides is 1. The Morgan fingerprint density at radius 2 is 1.81 bits per heavy atom. The molecule has 4 aromatic rings. The minimum Gasteiger partial charge on any atom is -0.444 e. The Bertz CT molecular complexity index is 1040. The number of rotatable bonds is 5. The number of furan rings is 1. The topological polar surface area (TPSA) is 58.0 Å². The van der Waals surface area contributed by atoms with Crippen LogP contribution in [0.1, 0.15) is 27.6 Å². The van der Waals surface area contributed by atoms with E-state index in [0.29, 0.717) is 17.0 Å². The lowest BCUT2D eigenvalue weighted by Gasteiger charge is -2.18. The highest BCUT2D eigenvalue weighted by Gasteiger charge is 2.20. The maximum absolute atomic E-state index is 12.4. The van der Waals surface area contributed by atoms with Crippen molar-refractivity contribution in [3.8, 4) is 0 Å². The monoisotopic (exact) mass is 408 g/mol. The molecule has 0 saturated carbocycles. The smallest absolute Gasteiger partial charge is 0.287 e. The zero-order valence-corrected chi connectivity index (χ0v) is 15.5. The number of carbonyl (C=O) groups is 1. The molecule has 0 fully saturated rings. The minimum atomic E-state index is -0.225. The average Bonchev–Trinajstić information content (AvgIpc) is 3.29. The Kier molecular flexibility index (Phi) is 4.63. The number of hydrogen-bond acceptors (Lipinski definition) is 2. The zero-order valence-electron chi connectivity index (χ0n) is 13.9. The summed E-state index contributed by atoms with van der Waals surface area (Å²) in [5, 5.41) is 4.16. The SMILES string of the molecule is O=C(NC[C@H](c1ccccc1)c1c[nH]c2ccccc12)c1ccc(Br)o1. The number of aromatic nitrogens is 1. The van der Waals surface area contributed by atoms with Crippen molar-refractivity contribution in [1.29, 1.82) is 0 Å². The highest BCUT2D eigenvalue weighted by molar-refractivity contribution is 9.10. The van der Waals surface area contributed by atoms with E-state index >= 15 is 0 Å². The lowest BCUT2D eigenvalue weighted by molar-refractivity contribution is 0.0923. The van der Waals surface area contributed by atoms with Gasteiger partial charge in [-0.1, -0.05) is 48.5 Å². The first-order chi connectivity index (χ1) is 12.7. The number of halogens is 1. The summed E-state index contributed by atoms with van der Waals surface area (Å²) in [6.07, 6.45) is 2.03. The van der Waals surface area contributed by atoms with E-state index in [4.69, 9.17) is 4.42 Å². The molecule has 130 valence electrons. The van der Waals surface area contributed by atoms with Gasteiger partial charge in [-0.2, -0.15) is 0 Å². The van der Waals surface area contributed by atoms with Gasteiger partial charge in [-0.15, -0.1) is 0 Å². The summed E-state index contributed by atoms with van der Waals surface area (Å²) >= 11 is 3.23. The van der Waals surface area contributed by atoms with Gasteiger partial charge in [0.1, 0.15) is 0 Å². The molecule has 0 aliphatic heterocycles. The molecule has 2 N–H and O–H groups in total. The molecule has 5 heteroatoms. The molecule has 0 saturated heterocycles. The second-order valence-electron chi connectivity index (χ2n) is 6.07. The first-order valence-corrected chi connectivity index (χ1v) is 9.16. The molecule has 0 unspecified atom stereocenters. The second kappa shape index (κ2) is 7.22. The van der Waals surface area contributed by atoms with Gasteiger partial charge in [0.25, 0.3) is 5.91 Å². The van der Waals surface area contributed by atoms with Crippen LogP contribution in [0.4, 0.5) is 0 Å². The summed E-state index contributed by atoms with van der Waals surface area (Å²) in [5.74, 6) is 0.105. The van der Waals surface area contributed by atoms with Crippen LogP contribution in [0.25, 0.3) is 10.9 Å². The summed E-state index contributed by atoms with van der Waals surface area (Å²) in [5.41, 5.74) is 3.40. The summed E-state index contributed by atoms with van der Waals surface area (Å²) in [7, 11) is 0. The van der Waals surface area contributed by atoms with Crippen molar-refractivity contribution in [2.75, 3.05) is 6.54 Å². The number of para-hydroxylation sites is 1. The van der Waals surface area contributed by atoms with Crippen molar-refractivity contribution in [2.45, 2.75) is 5.92 Å². The number of nitrogens with one attached hydrogen (secondary N) is 2. The van der Waals surface area contributed by atoms with Gasteiger partial charge in [0.05, 0.1) is 0 Å². The molecule has 1 amide bonds. The molecule has 0 aliphatic rings. The van der Waals surface area contributed by atoms with E-state index in [2.05, 4.69) is 50.5 Å². The van der Waals surface area contributed by atoms with Crippen LogP contribution < -0.4 is 5.32 Å². The standard InChI is InChI=1S/C21H17BrN2O2/c22-20-11-10-19(26-20)21(25)24-12-16(14-6-2-1-3-7-14)17-13-23-18-9-5-4-8-15(17)18/h1-11,13,16,23H,12H2,(H,24,25)/t16-/m1/s1. The predicted molar refractivity (Wildman–Crippen MR) is 105 cm³/mol. The summed E-state index contributed by atoms with van der Waals surface area (Å²) in [6, 6.07) is 21.8. The molecule has 2 aromatic carbocycles. The Balaban J connectivity index is 1.65. The average molecular weight is 409 g/mol. The normalized spacial score (nSPS) is 12.2. The molecule has 0 bridgehead atoms. The van der Waals surface area contributed by atoms with E-state index in [0.717, 1.165) is 22.0 Å². The number of fused-ring (bicyclic) bond motifs is 1. The summed E-state index contributed by atoms with van der Waals surface area (Å²) in [4.78, 5) is 15.7. The van der Waals surface area contributed by atoms with Crippen LogP contribution >= 0.6 is 15.9 Å². The second-order valence-corrected chi connectivity index (χ2v) is 6.85. The molecule has 26 heavy (non-hydrogen) atoms. The third-order valence-electron chi connectivity index (χ3n) is 4.46. The summed E-state index contributed by atoms with van der Waals surface area (Å²) in [6.45, 7) is 0.475. The minimum absolute atomic E-state index is 0.0368. The number of benzene rings is 2. The molecular weight excluding hydrogens is 392 g/mol. The Morgan fingerprint density at radius 3 is 2.58 bits per heavy atom. The Hall–Kier alpha value is -2.79. The van der Waals surface area contributed by atoms with Crippen LogP contribution in [0, 0.1) is 0 Å². The zero-order chi connectivity index (χ0) is 17.9. The maximum atomic E-state index is 12.4. The lowest BCUT2D eigenvalue weighted by atomic mass is 9.91. The van der Waals surface area contributed by atoms with Crippen LogP contribution in [-0.4, -0.2) is 17.4 Å². The van der Waals surface area contributed by atoms with E-state index in [-0.39, 0.29) is 11.8 Å². The van der Waals surface area contributed by atoms with Crippen LogP contribution in [-0.2, 0) is 0 Å². The van der Waals surface area contributed by atoms with Crippen molar-refractivity contribution < 1.29 is 9.21 Å². The number of H-pyrrole nitrogens is 1. The highest BCUT2D eigenvalue weighted by Crippen LogP contribution is 2.30. The summed E-state index contributed by atoms with van der Waals surface area (Å²) < 4.78 is 5.88. The van der Waals surface area contributed by atoms with Crippen molar-refractivity contribution >= 4 is 32.7 Å². The van der Waals surface area contributed by atoms with Gasteiger partial charge in [-0.25, -0.2) is 0 Å². The maximum Gasteiger partial charge on any atom is 0.287 e. The van der Waals surface area contributed by atoms with Crippen LogP contribution in [0.3, 0.4) is 0 Å². The fraction of sp³-hybridized carbons (Fsp3) is 0.0952.